The molecule has 0 bridgehead atoms. The lowest BCUT2D eigenvalue weighted by Crippen LogP contribution is -2.27. The minimum absolute atomic E-state index is 0.0587. The Labute approximate surface area is 112 Å². The molecule has 0 saturated carbocycles. The van der Waals surface area contributed by atoms with Gasteiger partial charge in [-0.1, -0.05) is 25.4 Å². The second-order valence-electron chi connectivity index (χ2n) is 4.68. The smallest absolute Gasteiger partial charge is 0.250 e. The molecule has 0 spiro atoms. The number of nitrogens with one attached hydrogen (secondary N) is 1. The second kappa shape index (κ2) is 7.21. The van der Waals surface area contributed by atoms with E-state index >= 15 is 0 Å². The van der Waals surface area contributed by atoms with Gasteiger partial charge in [-0.05, 0) is 18.4 Å². The Hall–Kier alpha value is -1.29. The van der Waals surface area contributed by atoms with Gasteiger partial charge < -0.3 is 9.88 Å². The number of hydrogen-bond donors (Lipinski definition) is 1. The van der Waals surface area contributed by atoms with Crippen molar-refractivity contribution < 1.29 is 4.79 Å². The van der Waals surface area contributed by atoms with E-state index in [1.54, 1.807) is 16.8 Å². The van der Waals surface area contributed by atoms with Crippen molar-refractivity contribution in [2.24, 2.45) is 5.92 Å². The molecule has 5 heteroatoms. The van der Waals surface area contributed by atoms with E-state index in [1.807, 2.05) is 13.8 Å². The molecule has 0 saturated heterocycles. The Morgan fingerprint density at radius 3 is 2.83 bits per heavy atom. The van der Waals surface area contributed by atoms with Gasteiger partial charge in [0.25, 0.3) is 5.56 Å². The molecular weight excluding hydrogens is 252 g/mol. The van der Waals surface area contributed by atoms with Crippen LogP contribution in [0.3, 0.4) is 0 Å². The number of amides is 1. The van der Waals surface area contributed by atoms with Gasteiger partial charge in [0, 0.05) is 31.8 Å². The first-order valence-corrected chi connectivity index (χ1v) is 6.49. The van der Waals surface area contributed by atoms with Gasteiger partial charge in [-0.2, -0.15) is 0 Å². The van der Waals surface area contributed by atoms with E-state index in [-0.39, 0.29) is 11.5 Å². The predicted molar refractivity (Wildman–Crippen MR) is 72.8 cm³/mol. The highest BCUT2D eigenvalue weighted by Crippen LogP contribution is 2.03. The van der Waals surface area contributed by atoms with E-state index in [2.05, 4.69) is 5.32 Å². The highest BCUT2D eigenvalue weighted by molar-refractivity contribution is 6.30. The third-order valence-corrected chi connectivity index (χ3v) is 2.66. The van der Waals surface area contributed by atoms with Crippen LogP contribution in [0, 0.1) is 5.92 Å². The third-order valence-electron chi connectivity index (χ3n) is 2.44. The molecule has 1 aromatic heterocycles. The summed E-state index contributed by atoms with van der Waals surface area (Å²) < 4.78 is 1.55. The maximum atomic E-state index is 11.5. The van der Waals surface area contributed by atoms with Gasteiger partial charge in [0.1, 0.15) is 0 Å². The molecule has 0 aliphatic carbocycles. The van der Waals surface area contributed by atoms with Crippen LogP contribution in [-0.2, 0) is 11.3 Å². The number of nitrogens with zero attached hydrogens (tertiary/aromatic N) is 1. The minimum atomic E-state index is -0.0760. The average Bonchev–Trinajstić information content (AvgIpc) is 2.28. The van der Waals surface area contributed by atoms with Gasteiger partial charge in [0.15, 0.2) is 0 Å². The Morgan fingerprint density at radius 1 is 1.44 bits per heavy atom. The molecule has 0 atom stereocenters. The van der Waals surface area contributed by atoms with Crippen molar-refractivity contribution in [1.29, 1.82) is 0 Å². The molecule has 4 nitrogen and oxygen atoms in total. The molecule has 0 aromatic carbocycles. The topological polar surface area (TPSA) is 51.1 Å². The summed E-state index contributed by atoms with van der Waals surface area (Å²) in [5, 5.41) is 3.37. The van der Waals surface area contributed by atoms with Crippen molar-refractivity contribution in [3.63, 3.8) is 0 Å². The van der Waals surface area contributed by atoms with Gasteiger partial charge in [-0.25, -0.2) is 0 Å². The lowest BCUT2D eigenvalue weighted by Gasteiger charge is -2.08. The Bertz CT molecular complexity index is 455. The lowest BCUT2D eigenvalue weighted by molar-refractivity contribution is -0.121. The molecule has 1 aromatic rings. The van der Waals surface area contributed by atoms with Crippen LogP contribution in [0.25, 0.3) is 0 Å². The van der Waals surface area contributed by atoms with Gasteiger partial charge in [0.2, 0.25) is 5.91 Å². The fraction of sp³-hybridized carbons (Fsp3) is 0.538. The van der Waals surface area contributed by atoms with Crippen molar-refractivity contribution in [2.45, 2.75) is 33.2 Å². The summed E-state index contributed by atoms with van der Waals surface area (Å²) in [5.41, 5.74) is -0.0760. The van der Waals surface area contributed by atoms with Crippen molar-refractivity contribution in [3.05, 3.63) is 33.7 Å². The van der Waals surface area contributed by atoms with Gasteiger partial charge in [0.05, 0.1) is 5.02 Å². The summed E-state index contributed by atoms with van der Waals surface area (Å²) in [7, 11) is 0. The Morgan fingerprint density at radius 2 is 2.17 bits per heavy atom. The fourth-order valence-electron chi connectivity index (χ4n) is 1.60. The number of carbonyl (C=O) groups is 1. The van der Waals surface area contributed by atoms with Gasteiger partial charge >= 0.3 is 0 Å². The third kappa shape index (κ3) is 5.36. The second-order valence-corrected chi connectivity index (χ2v) is 5.12. The number of aryl methyl sites for hydroxylation is 1. The normalized spacial score (nSPS) is 10.7. The van der Waals surface area contributed by atoms with E-state index in [1.165, 1.54) is 6.07 Å². The molecular formula is C13H19ClN2O2. The number of aromatic nitrogens is 1. The van der Waals surface area contributed by atoms with E-state index in [4.69, 9.17) is 11.6 Å². The molecule has 0 aliphatic heterocycles. The predicted octanol–water partition coefficient (Wildman–Crippen LogP) is 2.05. The monoisotopic (exact) mass is 270 g/mol. The van der Waals surface area contributed by atoms with E-state index in [0.29, 0.717) is 36.9 Å². The molecule has 0 unspecified atom stereocenters. The van der Waals surface area contributed by atoms with Crippen molar-refractivity contribution in [3.8, 4) is 0 Å². The van der Waals surface area contributed by atoms with Crippen LogP contribution in [0.1, 0.15) is 26.7 Å². The highest BCUT2D eigenvalue weighted by atomic mass is 35.5. The number of pyridine rings is 1. The number of halogens is 1. The van der Waals surface area contributed by atoms with Crippen LogP contribution in [0.15, 0.2) is 23.1 Å². The zero-order valence-corrected chi connectivity index (χ0v) is 11.5. The lowest BCUT2D eigenvalue weighted by atomic mass is 10.1. The maximum Gasteiger partial charge on any atom is 0.250 e. The highest BCUT2D eigenvalue weighted by Gasteiger charge is 2.03. The zero-order chi connectivity index (χ0) is 13.5. The van der Waals surface area contributed by atoms with Crippen molar-refractivity contribution in [1.82, 2.24) is 9.88 Å². The van der Waals surface area contributed by atoms with Crippen molar-refractivity contribution in [2.75, 3.05) is 6.54 Å². The van der Waals surface area contributed by atoms with Gasteiger partial charge in [-0.15, -0.1) is 0 Å². The van der Waals surface area contributed by atoms with Crippen LogP contribution >= 0.6 is 11.6 Å². The summed E-state index contributed by atoms with van der Waals surface area (Å²) in [6, 6.07) is 3.02. The molecule has 1 amide bonds. The molecule has 0 radical (unpaired) electrons. The fourth-order valence-corrected chi connectivity index (χ4v) is 1.78. The Kier molecular flexibility index (Phi) is 5.92. The van der Waals surface area contributed by atoms with E-state index < -0.39 is 0 Å². The average molecular weight is 271 g/mol. The summed E-state index contributed by atoms with van der Waals surface area (Å²) in [4.78, 5) is 22.8. The molecule has 1 rings (SSSR count). The molecule has 0 fully saturated rings. The molecule has 100 valence electrons. The first kappa shape index (κ1) is 14.8. The number of rotatable bonds is 6. The molecule has 18 heavy (non-hydrogen) atoms. The summed E-state index contributed by atoms with van der Waals surface area (Å²) in [5.74, 6) is 0.420. The summed E-state index contributed by atoms with van der Waals surface area (Å²) in [6.07, 6.45) is 2.86. The SMILES string of the molecule is CC(C)CC(=O)NCCCn1cc(Cl)ccc1=O. The van der Waals surface area contributed by atoms with Crippen LogP contribution in [0.4, 0.5) is 0 Å². The molecule has 1 heterocycles. The number of carbonyl (C=O) groups excluding carboxylic acids is 1. The standard InChI is InChI=1S/C13H19ClN2O2/c1-10(2)8-12(17)15-6-3-7-16-9-11(14)4-5-13(16)18/h4-5,9-10H,3,6-8H2,1-2H3,(H,15,17). The number of hydrogen-bond acceptors (Lipinski definition) is 2. The van der Waals surface area contributed by atoms with Crippen LogP contribution in [0.5, 0.6) is 0 Å². The van der Waals surface area contributed by atoms with Gasteiger partial charge in [-0.3, -0.25) is 9.59 Å². The first-order valence-electron chi connectivity index (χ1n) is 6.11. The van der Waals surface area contributed by atoms with Crippen LogP contribution < -0.4 is 10.9 Å². The van der Waals surface area contributed by atoms with Crippen LogP contribution in [-0.4, -0.2) is 17.0 Å². The largest absolute Gasteiger partial charge is 0.356 e. The minimum Gasteiger partial charge on any atom is -0.356 e. The molecule has 1 N–H and O–H groups in total. The van der Waals surface area contributed by atoms with Crippen molar-refractivity contribution >= 4 is 17.5 Å². The van der Waals surface area contributed by atoms with E-state index in [9.17, 15) is 9.59 Å². The zero-order valence-electron chi connectivity index (χ0n) is 10.8. The van der Waals surface area contributed by atoms with Crippen LogP contribution in [0.2, 0.25) is 5.02 Å². The van der Waals surface area contributed by atoms with E-state index in [0.717, 1.165) is 0 Å². The molecule has 0 aliphatic rings. The Balaban J connectivity index is 2.32. The summed E-state index contributed by atoms with van der Waals surface area (Å²) >= 11 is 5.81. The first-order chi connectivity index (χ1) is 8.49. The summed E-state index contributed by atoms with van der Waals surface area (Å²) in [6.45, 7) is 5.14. The maximum absolute atomic E-state index is 11.5. The quantitative estimate of drug-likeness (QED) is 0.805.